The fraction of sp³-hybridized carbons (Fsp3) is 0.500. The van der Waals surface area contributed by atoms with Crippen LogP contribution in [0.4, 0.5) is 13.2 Å². The van der Waals surface area contributed by atoms with Gasteiger partial charge in [0.15, 0.2) is 0 Å². The van der Waals surface area contributed by atoms with Gasteiger partial charge in [-0.1, -0.05) is 0 Å². The molecular formula is C14H18ClF3N2O5S. The molecule has 0 saturated carbocycles. The van der Waals surface area contributed by atoms with E-state index in [0.29, 0.717) is 6.42 Å². The number of nitrogens with two attached hydrogens (primary N) is 1. The summed E-state index contributed by atoms with van der Waals surface area (Å²) in [5, 5.41) is 9.16. The van der Waals surface area contributed by atoms with E-state index >= 15 is 0 Å². The predicted octanol–water partition coefficient (Wildman–Crippen LogP) is 1.82. The van der Waals surface area contributed by atoms with Gasteiger partial charge in [-0.15, -0.1) is 25.6 Å². The van der Waals surface area contributed by atoms with Crippen LogP contribution >= 0.6 is 12.4 Å². The Hall–Kier alpha value is -1.56. The minimum absolute atomic E-state index is 0. The number of sulfonamides is 1. The Bertz CT molecular complexity index is 727. The number of hydrogen-bond acceptors (Lipinski definition) is 5. The fourth-order valence-electron chi connectivity index (χ4n) is 2.54. The van der Waals surface area contributed by atoms with Crippen molar-refractivity contribution in [2.75, 3.05) is 13.1 Å². The molecular weight excluding hydrogens is 401 g/mol. The molecule has 26 heavy (non-hydrogen) atoms. The summed E-state index contributed by atoms with van der Waals surface area (Å²) in [5.74, 6) is -2.57. The summed E-state index contributed by atoms with van der Waals surface area (Å²) in [6, 6.07) is 3.19. The second kappa shape index (κ2) is 8.42. The maximum Gasteiger partial charge on any atom is 0.573 e. The molecule has 1 fully saturated rings. The Morgan fingerprint density at radius 3 is 2.27 bits per heavy atom. The van der Waals surface area contributed by atoms with Crippen LogP contribution in [-0.2, 0) is 14.8 Å². The third kappa shape index (κ3) is 5.73. The summed E-state index contributed by atoms with van der Waals surface area (Å²) >= 11 is 0. The van der Waals surface area contributed by atoms with Crippen molar-refractivity contribution in [3.05, 3.63) is 24.3 Å². The quantitative estimate of drug-likeness (QED) is 0.771. The lowest BCUT2D eigenvalue weighted by Gasteiger charge is -2.23. The van der Waals surface area contributed by atoms with E-state index < -0.39 is 40.1 Å². The standard InChI is InChI=1S/C14H17F3N2O5S.ClH/c15-14(16,17)24-11-3-5-12(6-4-11)25(22,23)19-7-9(13(20)21)1-2-10(18)8-19;/h3-6,9-10H,1-2,7-8,18H2,(H,20,21);1H/t9-,10+;/m0./s1. The molecule has 0 radical (unpaired) electrons. The van der Waals surface area contributed by atoms with Crippen LogP contribution < -0.4 is 10.5 Å². The van der Waals surface area contributed by atoms with Gasteiger partial charge in [0.05, 0.1) is 10.8 Å². The third-order valence-corrected chi connectivity index (χ3v) is 5.64. The van der Waals surface area contributed by atoms with E-state index in [9.17, 15) is 26.4 Å². The number of aliphatic carboxylic acids is 1. The van der Waals surface area contributed by atoms with E-state index in [4.69, 9.17) is 10.8 Å². The Balaban J connectivity index is 0.00000338. The maximum absolute atomic E-state index is 12.7. The van der Waals surface area contributed by atoms with E-state index in [1.807, 2.05) is 0 Å². The van der Waals surface area contributed by atoms with Crippen molar-refractivity contribution in [2.24, 2.45) is 11.7 Å². The van der Waals surface area contributed by atoms with Crippen LogP contribution in [0.3, 0.4) is 0 Å². The van der Waals surface area contributed by atoms with Crippen molar-refractivity contribution in [3.63, 3.8) is 0 Å². The zero-order valence-electron chi connectivity index (χ0n) is 13.3. The van der Waals surface area contributed by atoms with Crippen LogP contribution in [-0.4, -0.2) is 49.3 Å². The molecule has 1 aromatic rings. The summed E-state index contributed by atoms with van der Waals surface area (Å²) < 4.78 is 66.5. The van der Waals surface area contributed by atoms with Crippen molar-refractivity contribution in [1.29, 1.82) is 0 Å². The van der Waals surface area contributed by atoms with Gasteiger partial charge in [0.2, 0.25) is 10.0 Å². The van der Waals surface area contributed by atoms with E-state index in [2.05, 4.69) is 4.74 Å². The molecule has 2 atom stereocenters. The van der Waals surface area contributed by atoms with E-state index in [0.717, 1.165) is 28.6 Å². The van der Waals surface area contributed by atoms with E-state index in [1.54, 1.807) is 0 Å². The normalized spacial score (nSPS) is 22.2. The molecule has 0 spiro atoms. The number of benzene rings is 1. The summed E-state index contributed by atoms with van der Waals surface area (Å²) in [5.41, 5.74) is 5.81. The highest BCUT2D eigenvalue weighted by Gasteiger charge is 2.35. The molecule has 148 valence electrons. The number of halogens is 4. The molecule has 0 aromatic heterocycles. The number of hydrogen-bond donors (Lipinski definition) is 2. The van der Waals surface area contributed by atoms with Gasteiger partial charge in [0.1, 0.15) is 5.75 Å². The molecule has 12 heteroatoms. The highest BCUT2D eigenvalue weighted by molar-refractivity contribution is 7.89. The molecule has 0 bridgehead atoms. The molecule has 0 amide bonds. The van der Waals surface area contributed by atoms with Gasteiger partial charge in [-0.2, -0.15) is 4.31 Å². The average molecular weight is 419 g/mol. The molecule has 2 rings (SSSR count). The Morgan fingerprint density at radius 2 is 1.77 bits per heavy atom. The van der Waals surface area contributed by atoms with Crippen molar-refractivity contribution in [3.8, 4) is 5.75 Å². The average Bonchev–Trinajstić information content (AvgIpc) is 2.68. The van der Waals surface area contributed by atoms with Crippen molar-refractivity contribution >= 4 is 28.4 Å². The number of alkyl halides is 3. The zero-order chi connectivity index (χ0) is 18.8. The molecule has 1 aliphatic heterocycles. The first-order chi connectivity index (χ1) is 11.5. The molecule has 0 aliphatic carbocycles. The number of nitrogens with zero attached hydrogens (tertiary/aromatic N) is 1. The molecule has 1 heterocycles. The maximum atomic E-state index is 12.7. The van der Waals surface area contributed by atoms with Gasteiger partial charge < -0.3 is 15.6 Å². The minimum atomic E-state index is -4.88. The summed E-state index contributed by atoms with van der Waals surface area (Å²) in [4.78, 5) is 11.0. The van der Waals surface area contributed by atoms with Gasteiger partial charge in [-0.3, -0.25) is 4.79 Å². The van der Waals surface area contributed by atoms with E-state index in [-0.39, 0.29) is 36.8 Å². The predicted molar refractivity (Wildman–Crippen MR) is 87.5 cm³/mol. The number of carbonyl (C=O) groups is 1. The van der Waals surface area contributed by atoms with Crippen LogP contribution in [0.25, 0.3) is 0 Å². The Labute approximate surface area is 154 Å². The molecule has 1 aliphatic rings. The van der Waals surface area contributed by atoms with Gasteiger partial charge in [-0.25, -0.2) is 8.42 Å². The van der Waals surface area contributed by atoms with Crippen molar-refractivity contribution < 1.29 is 36.2 Å². The highest BCUT2D eigenvalue weighted by atomic mass is 35.5. The first-order valence-electron chi connectivity index (χ1n) is 7.33. The summed E-state index contributed by atoms with van der Waals surface area (Å²) in [7, 11) is -4.09. The Morgan fingerprint density at radius 1 is 1.19 bits per heavy atom. The third-order valence-electron chi connectivity index (χ3n) is 3.79. The molecule has 7 nitrogen and oxygen atoms in total. The lowest BCUT2D eigenvalue weighted by Crippen LogP contribution is -2.41. The van der Waals surface area contributed by atoms with Gasteiger partial charge in [-0.05, 0) is 37.1 Å². The Kier molecular flexibility index (Phi) is 7.28. The van der Waals surface area contributed by atoms with E-state index in [1.165, 1.54) is 0 Å². The van der Waals surface area contributed by atoms with Crippen LogP contribution in [0.15, 0.2) is 29.2 Å². The van der Waals surface area contributed by atoms with Gasteiger partial charge in [0, 0.05) is 19.1 Å². The zero-order valence-corrected chi connectivity index (χ0v) is 15.0. The van der Waals surface area contributed by atoms with Gasteiger partial charge >= 0.3 is 12.3 Å². The number of carboxylic acids is 1. The number of carboxylic acid groups (broad SMARTS) is 1. The largest absolute Gasteiger partial charge is 0.573 e. The summed E-state index contributed by atoms with van der Waals surface area (Å²) in [6.07, 6.45) is -4.27. The first-order valence-corrected chi connectivity index (χ1v) is 8.77. The van der Waals surface area contributed by atoms with Crippen LogP contribution in [0.2, 0.25) is 0 Å². The summed E-state index contributed by atoms with van der Waals surface area (Å²) in [6.45, 7) is -0.306. The molecule has 1 saturated heterocycles. The van der Waals surface area contributed by atoms with Crippen LogP contribution in [0.5, 0.6) is 5.75 Å². The number of ether oxygens (including phenoxy) is 1. The molecule has 1 aromatic carbocycles. The lowest BCUT2D eigenvalue weighted by atomic mass is 10.0. The monoisotopic (exact) mass is 418 g/mol. The molecule has 0 unspecified atom stereocenters. The SMILES string of the molecule is Cl.N[C@@H]1CC[C@H](C(=O)O)CN(S(=O)(=O)c2ccc(OC(F)(F)F)cc2)C1. The highest BCUT2D eigenvalue weighted by Crippen LogP contribution is 2.27. The topological polar surface area (TPSA) is 110 Å². The van der Waals surface area contributed by atoms with Crippen molar-refractivity contribution in [2.45, 2.75) is 30.1 Å². The first kappa shape index (κ1) is 22.5. The molecule has 3 N–H and O–H groups in total. The lowest BCUT2D eigenvalue weighted by molar-refractivity contribution is -0.274. The smallest absolute Gasteiger partial charge is 0.481 e. The van der Waals surface area contributed by atoms with Crippen LogP contribution in [0, 0.1) is 5.92 Å². The minimum Gasteiger partial charge on any atom is -0.481 e. The van der Waals surface area contributed by atoms with Crippen LogP contribution in [0.1, 0.15) is 12.8 Å². The number of rotatable bonds is 4. The fourth-order valence-corrected chi connectivity index (χ4v) is 4.08. The second-order valence-electron chi connectivity index (χ2n) is 5.71. The van der Waals surface area contributed by atoms with Crippen molar-refractivity contribution in [1.82, 2.24) is 4.31 Å². The second-order valence-corrected chi connectivity index (χ2v) is 7.65. The van der Waals surface area contributed by atoms with Gasteiger partial charge in [0.25, 0.3) is 0 Å².